The minimum Gasteiger partial charge on any atom is -0.449 e. The number of aryl methyl sites for hydroxylation is 4. The third kappa shape index (κ3) is 4.98. The number of carbonyl (C=O) groups excluding carboxylic acids is 2. The number of benzene rings is 2. The lowest BCUT2D eigenvalue weighted by Crippen LogP contribution is -2.30. The number of anilines is 1. The Morgan fingerprint density at radius 2 is 1.54 bits per heavy atom. The van der Waals surface area contributed by atoms with Crippen LogP contribution in [0.5, 0.6) is 0 Å². The summed E-state index contributed by atoms with van der Waals surface area (Å²) in [6, 6.07) is 8.15. The lowest BCUT2D eigenvalue weighted by atomic mass is 10.0. The number of hydrogen-bond acceptors (Lipinski definition) is 5. The van der Waals surface area contributed by atoms with Crippen molar-refractivity contribution in [1.82, 2.24) is 0 Å². The zero-order chi connectivity index (χ0) is 21.2. The largest absolute Gasteiger partial charge is 0.449 e. The van der Waals surface area contributed by atoms with Gasteiger partial charge in [-0.1, -0.05) is 23.8 Å². The average Bonchev–Trinajstić information content (AvgIpc) is 2.56. The van der Waals surface area contributed by atoms with E-state index in [4.69, 9.17) is 4.74 Å². The molecule has 0 fully saturated rings. The van der Waals surface area contributed by atoms with Crippen LogP contribution in [0, 0.1) is 27.7 Å². The van der Waals surface area contributed by atoms with Crippen molar-refractivity contribution in [2.45, 2.75) is 45.6 Å². The molecular formula is C21H25NO5S. The normalized spacial score (nSPS) is 12.4. The monoisotopic (exact) mass is 403 g/mol. The second-order valence-electron chi connectivity index (χ2n) is 7.06. The van der Waals surface area contributed by atoms with Crippen molar-refractivity contribution in [2.75, 3.05) is 11.6 Å². The van der Waals surface area contributed by atoms with Crippen molar-refractivity contribution in [3.63, 3.8) is 0 Å². The maximum atomic E-state index is 12.5. The maximum Gasteiger partial charge on any atom is 0.339 e. The average molecular weight is 404 g/mol. The molecular weight excluding hydrogens is 378 g/mol. The highest BCUT2D eigenvalue weighted by Gasteiger charge is 2.22. The molecule has 7 heteroatoms. The number of rotatable bonds is 5. The molecule has 0 saturated heterocycles. The summed E-state index contributed by atoms with van der Waals surface area (Å²) in [6.45, 7) is 8.91. The SMILES string of the molecule is Cc1cc(C)c(NC(=O)[C@H](C)OC(=O)c2cc(S(C)(=O)=O)ccc2C)c(C)c1. The Labute approximate surface area is 165 Å². The van der Waals surface area contributed by atoms with Gasteiger partial charge >= 0.3 is 5.97 Å². The molecule has 0 bridgehead atoms. The summed E-state index contributed by atoms with van der Waals surface area (Å²) in [6.07, 6.45) is 0.0173. The van der Waals surface area contributed by atoms with E-state index in [1.807, 2.05) is 32.9 Å². The quantitative estimate of drug-likeness (QED) is 0.772. The molecule has 0 heterocycles. The van der Waals surface area contributed by atoms with E-state index in [0.29, 0.717) is 11.3 Å². The molecule has 6 nitrogen and oxygen atoms in total. The van der Waals surface area contributed by atoms with E-state index in [2.05, 4.69) is 5.32 Å². The van der Waals surface area contributed by atoms with Crippen molar-refractivity contribution in [2.24, 2.45) is 0 Å². The molecule has 1 atom stereocenters. The van der Waals surface area contributed by atoms with E-state index in [1.54, 1.807) is 6.92 Å². The molecule has 0 radical (unpaired) electrons. The number of hydrogen-bond donors (Lipinski definition) is 1. The van der Waals surface area contributed by atoms with E-state index in [0.717, 1.165) is 22.9 Å². The standard InChI is InChI=1S/C21H25NO5S/c1-12-9-14(3)19(15(4)10-12)22-20(23)16(5)27-21(24)18-11-17(28(6,25)26)8-7-13(18)2/h7-11,16H,1-6H3,(H,22,23)/t16-/m0/s1. The van der Waals surface area contributed by atoms with Crippen molar-refractivity contribution in [1.29, 1.82) is 0 Å². The maximum absolute atomic E-state index is 12.5. The topological polar surface area (TPSA) is 89.5 Å². The fourth-order valence-electron chi connectivity index (χ4n) is 2.93. The molecule has 28 heavy (non-hydrogen) atoms. The first kappa shape index (κ1) is 21.6. The van der Waals surface area contributed by atoms with Gasteiger partial charge in [-0.05, 0) is 63.4 Å². The first-order valence-corrected chi connectivity index (χ1v) is 10.7. The summed E-state index contributed by atoms with van der Waals surface area (Å²) < 4.78 is 28.7. The molecule has 0 unspecified atom stereocenters. The Morgan fingerprint density at radius 1 is 0.964 bits per heavy atom. The summed E-state index contributed by atoms with van der Waals surface area (Å²) in [5.41, 5.74) is 4.30. The van der Waals surface area contributed by atoms with Gasteiger partial charge < -0.3 is 10.1 Å². The van der Waals surface area contributed by atoms with Crippen LogP contribution < -0.4 is 5.32 Å². The molecule has 0 saturated carbocycles. The van der Waals surface area contributed by atoms with Gasteiger partial charge in [0.15, 0.2) is 15.9 Å². The number of carbonyl (C=O) groups is 2. The van der Waals surface area contributed by atoms with Gasteiger partial charge in [-0.3, -0.25) is 4.79 Å². The highest BCUT2D eigenvalue weighted by Crippen LogP contribution is 2.23. The van der Waals surface area contributed by atoms with Crippen LogP contribution in [0.4, 0.5) is 5.69 Å². The van der Waals surface area contributed by atoms with Crippen LogP contribution in [0.1, 0.15) is 39.5 Å². The van der Waals surface area contributed by atoms with Crippen LogP contribution in [-0.4, -0.2) is 32.7 Å². The van der Waals surface area contributed by atoms with Gasteiger partial charge in [-0.2, -0.15) is 0 Å². The van der Waals surface area contributed by atoms with Crippen molar-refractivity contribution in [3.05, 3.63) is 58.1 Å². The Kier molecular flexibility index (Phi) is 6.29. The third-order valence-corrected chi connectivity index (χ3v) is 5.55. The predicted octanol–water partition coefficient (Wildman–Crippen LogP) is 3.51. The van der Waals surface area contributed by atoms with E-state index in [-0.39, 0.29) is 10.5 Å². The van der Waals surface area contributed by atoms with Crippen molar-refractivity contribution in [3.8, 4) is 0 Å². The van der Waals surface area contributed by atoms with Gasteiger partial charge in [0.2, 0.25) is 0 Å². The summed E-state index contributed by atoms with van der Waals surface area (Å²) >= 11 is 0. The van der Waals surface area contributed by atoms with E-state index in [9.17, 15) is 18.0 Å². The Morgan fingerprint density at radius 3 is 2.07 bits per heavy atom. The zero-order valence-corrected chi connectivity index (χ0v) is 17.7. The second-order valence-corrected chi connectivity index (χ2v) is 9.08. The third-order valence-electron chi connectivity index (χ3n) is 4.44. The van der Waals surface area contributed by atoms with Gasteiger partial charge in [0.05, 0.1) is 10.5 Å². The van der Waals surface area contributed by atoms with Crippen LogP contribution in [0.2, 0.25) is 0 Å². The van der Waals surface area contributed by atoms with Gasteiger partial charge in [-0.25, -0.2) is 13.2 Å². The first-order valence-electron chi connectivity index (χ1n) is 8.80. The van der Waals surface area contributed by atoms with Crippen LogP contribution in [0.25, 0.3) is 0 Å². The van der Waals surface area contributed by atoms with Crippen LogP contribution in [0.3, 0.4) is 0 Å². The lowest BCUT2D eigenvalue weighted by molar-refractivity contribution is -0.123. The highest BCUT2D eigenvalue weighted by atomic mass is 32.2. The fourth-order valence-corrected chi connectivity index (χ4v) is 3.58. The Hall–Kier alpha value is -2.67. The smallest absolute Gasteiger partial charge is 0.339 e. The van der Waals surface area contributed by atoms with E-state index >= 15 is 0 Å². The molecule has 1 amide bonds. The molecule has 0 spiro atoms. The fraction of sp³-hybridized carbons (Fsp3) is 0.333. The number of sulfone groups is 1. The van der Waals surface area contributed by atoms with Gasteiger partial charge in [0.1, 0.15) is 0 Å². The first-order chi connectivity index (χ1) is 12.9. The molecule has 150 valence electrons. The lowest BCUT2D eigenvalue weighted by Gasteiger charge is -2.17. The molecule has 0 aromatic heterocycles. The zero-order valence-electron chi connectivity index (χ0n) is 16.9. The second kappa shape index (κ2) is 8.14. The summed E-state index contributed by atoms with van der Waals surface area (Å²) in [5.74, 6) is -1.21. The van der Waals surface area contributed by atoms with Gasteiger partial charge in [0, 0.05) is 11.9 Å². The minimum absolute atomic E-state index is 0.0214. The number of ether oxygens (including phenoxy) is 1. The summed E-state index contributed by atoms with van der Waals surface area (Å²) in [4.78, 5) is 25.0. The number of nitrogens with one attached hydrogen (secondary N) is 1. The molecule has 1 N–H and O–H groups in total. The van der Waals surface area contributed by atoms with E-state index in [1.165, 1.54) is 25.1 Å². The minimum atomic E-state index is -3.46. The summed E-state index contributed by atoms with van der Waals surface area (Å²) in [5, 5.41) is 2.80. The molecule has 2 aromatic rings. The van der Waals surface area contributed by atoms with Crippen LogP contribution in [0.15, 0.2) is 35.2 Å². The Balaban J connectivity index is 2.18. The summed E-state index contributed by atoms with van der Waals surface area (Å²) in [7, 11) is -3.46. The van der Waals surface area contributed by atoms with Gasteiger partial charge in [0.25, 0.3) is 5.91 Å². The molecule has 0 aliphatic rings. The highest BCUT2D eigenvalue weighted by molar-refractivity contribution is 7.90. The van der Waals surface area contributed by atoms with Crippen LogP contribution >= 0.6 is 0 Å². The Bertz CT molecular complexity index is 1020. The predicted molar refractivity (Wildman–Crippen MR) is 108 cm³/mol. The number of amides is 1. The van der Waals surface area contributed by atoms with Crippen molar-refractivity contribution < 1.29 is 22.7 Å². The van der Waals surface area contributed by atoms with Crippen molar-refractivity contribution >= 4 is 27.4 Å². The molecule has 0 aliphatic carbocycles. The van der Waals surface area contributed by atoms with Gasteiger partial charge in [-0.15, -0.1) is 0 Å². The molecule has 2 rings (SSSR count). The van der Waals surface area contributed by atoms with E-state index < -0.39 is 27.8 Å². The molecule has 2 aromatic carbocycles. The molecule has 0 aliphatic heterocycles. The number of esters is 1. The van der Waals surface area contributed by atoms with Crippen LogP contribution in [-0.2, 0) is 19.4 Å².